The normalized spacial score (nSPS) is 11.6. The minimum atomic E-state index is 0.407. The van der Waals surface area contributed by atoms with Gasteiger partial charge >= 0.3 is 0 Å². The van der Waals surface area contributed by atoms with Crippen molar-refractivity contribution < 1.29 is 0 Å². The third kappa shape index (κ3) is 3.67. The van der Waals surface area contributed by atoms with Crippen LogP contribution < -0.4 is 5.32 Å². The number of nitrogens with one attached hydrogen (secondary N) is 1. The highest BCUT2D eigenvalue weighted by atomic mass is 15.3. The second-order valence-corrected chi connectivity index (χ2v) is 5.91. The molecule has 0 radical (unpaired) electrons. The zero-order chi connectivity index (χ0) is 14.7. The van der Waals surface area contributed by atoms with Crippen molar-refractivity contribution in [1.82, 2.24) is 20.1 Å². The van der Waals surface area contributed by atoms with Crippen LogP contribution in [-0.4, -0.2) is 20.8 Å². The molecule has 0 unspecified atom stereocenters. The Morgan fingerprint density at radius 1 is 1.20 bits per heavy atom. The lowest BCUT2D eigenvalue weighted by atomic mass is 10.1. The first-order chi connectivity index (χ1) is 9.45. The lowest BCUT2D eigenvalue weighted by Crippen LogP contribution is -2.22. The second kappa shape index (κ2) is 6.18. The van der Waals surface area contributed by atoms with Crippen molar-refractivity contribution in [3.8, 4) is 5.82 Å². The highest BCUT2D eigenvalue weighted by Crippen LogP contribution is 2.17. The number of pyridine rings is 1. The van der Waals surface area contributed by atoms with Gasteiger partial charge < -0.3 is 5.32 Å². The van der Waals surface area contributed by atoms with Crippen molar-refractivity contribution in [2.75, 3.05) is 0 Å². The molecule has 0 spiro atoms. The molecule has 0 aliphatic heterocycles. The van der Waals surface area contributed by atoms with E-state index in [1.807, 2.05) is 24.0 Å². The molecule has 0 aliphatic rings. The van der Waals surface area contributed by atoms with Gasteiger partial charge in [-0.05, 0) is 36.1 Å². The summed E-state index contributed by atoms with van der Waals surface area (Å²) < 4.78 is 1.85. The number of aryl methyl sites for hydroxylation is 1. The molecule has 2 aromatic rings. The summed E-state index contributed by atoms with van der Waals surface area (Å²) in [5, 5.41) is 7.81. The van der Waals surface area contributed by atoms with E-state index in [2.05, 4.69) is 50.2 Å². The molecule has 4 nitrogen and oxygen atoms in total. The zero-order valence-corrected chi connectivity index (χ0v) is 13.0. The fourth-order valence-electron chi connectivity index (χ4n) is 1.97. The van der Waals surface area contributed by atoms with Gasteiger partial charge in [0.2, 0.25) is 0 Å². The monoisotopic (exact) mass is 272 g/mol. The largest absolute Gasteiger partial charge is 0.310 e. The molecule has 0 saturated heterocycles. The minimum absolute atomic E-state index is 0.407. The Hall–Kier alpha value is -1.68. The van der Waals surface area contributed by atoms with Crippen molar-refractivity contribution in [3.05, 3.63) is 41.3 Å². The van der Waals surface area contributed by atoms with E-state index in [4.69, 9.17) is 4.98 Å². The molecule has 0 aromatic carbocycles. The maximum Gasteiger partial charge on any atom is 0.153 e. The van der Waals surface area contributed by atoms with Crippen LogP contribution in [0, 0.1) is 6.92 Å². The maximum absolute atomic E-state index is 4.72. The van der Waals surface area contributed by atoms with Crippen molar-refractivity contribution in [2.24, 2.45) is 0 Å². The summed E-state index contributed by atoms with van der Waals surface area (Å²) in [5.74, 6) is 1.30. The van der Waals surface area contributed by atoms with Gasteiger partial charge in [-0.25, -0.2) is 9.67 Å². The predicted octanol–water partition coefficient (Wildman–Crippen LogP) is 3.20. The molecule has 0 aliphatic carbocycles. The molecule has 0 amide bonds. The lowest BCUT2D eigenvalue weighted by Gasteiger charge is -2.13. The average Bonchev–Trinajstić information content (AvgIpc) is 2.82. The Morgan fingerprint density at radius 3 is 2.50 bits per heavy atom. The van der Waals surface area contributed by atoms with Gasteiger partial charge in [-0.15, -0.1) is 0 Å². The first-order valence-electron chi connectivity index (χ1n) is 7.21. The molecule has 2 rings (SSSR count). The third-order valence-corrected chi connectivity index (χ3v) is 3.14. The Kier molecular flexibility index (Phi) is 4.55. The van der Waals surface area contributed by atoms with Gasteiger partial charge in [0.05, 0.1) is 6.20 Å². The van der Waals surface area contributed by atoms with Gasteiger partial charge in [-0.2, -0.15) is 5.10 Å². The van der Waals surface area contributed by atoms with Gasteiger partial charge in [0.15, 0.2) is 5.82 Å². The molecule has 0 atom stereocenters. The first kappa shape index (κ1) is 14.7. The summed E-state index contributed by atoms with van der Waals surface area (Å²) in [6.07, 6.45) is 3.86. The SMILES string of the molecule is Cc1cnn(-c2cc(CNC(C)C)cc(C(C)C)n2)c1. The molecular formula is C16H24N4. The third-order valence-electron chi connectivity index (χ3n) is 3.14. The Balaban J connectivity index is 2.35. The highest BCUT2D eigenvalue weighted by molar-refractivity contribution is 5.32. The molecular weight excluding hydrogens is 248 g/mol. The van der Waals surface area contributed by atoms with Gasteiger partial charge in [-0.3, -0.25) is 0 Å². The number of aromatic nitrogens is 3. The zero-order valence-electron chi connectivity index (χ0n) is 13.0. The number of hydrogen-bond donors (Lipinski definition) is 1. The first-order valence-corrected chi connectivity index (χ1v) is 7.21. The fraction of sp³-hybridized carbons (Fsp3) is 0.500. The molecule has 4 heteroatoms. The Bertz CT molecular complexity index is 570. The van der Waals surface area contributed by atoms with Crippen molar-refractivity contribution in [3.63, 3.8) is 0 Å². The van der Waals surface area contributed by atoms with Crippen LogP contribution in [0.15, 0.2) is 24.5 Å². The minimum Gasteiger partial charge on any atom is -0.310 e. The Morgan fingerprint density at radius 2 is 1.95 bits per heavy atom. The van der Waals surface area contributed by atoms with Crippen LogP contribution in [0.3, 0.4) is 0 Å². The molecule has 108 valence electrons. The topological polar surface area (TPSA) is 42.7 Å². The number of nitrogens with zero attached hydrogens (tertiary/aromatic N) is 3. The molecule has 1 N–H and O–H groups in total. The van der Waals surface area contributed by atoms with Crippen molar-refractivity contribution >= 4 is 0 Å². The van der Waals surface area contributed by atoms with E-state index >= 15 is 0 Å². The fourth-order valence-corrected chi connectivity index (χ4v) is 1.97. The molecule has 0 saturated carbocycles. The van der Waals surface area contributed by atoms with Gasteiger partial charge in [0.1, 0.15) is 0 Å². The molecule has 0 bridgehead atoms. The Labute approximate surface area is 121 Å². The van der Waals surface area contributed by atoms with Crippen LogP contribution in [0.2, 0.25) is 0 Å². The summed E-state index contributed by atoms with van der Waals surface area (Å²) >= 11 is 0. The van der Waals surface area contributed by atoms with E-state index < -0.39 is 0 Å². The molecule has 0 fully saturated rings. The second-order valence-electron chi connectivity index (χ2n) is 5.91. The number of rotatable bonds is 5. The van der Waals surface area contributed by atoms with Crippen LogP contribution in [0.4, 0.5) is 0 Å². The quantitative estimate of drug-likeness (QED) is 0.909. The van der Waals surface area contributed by atoms with E-state index in [0.717, 1.165) is 23.6 Å². The van der Waals surface area contributed by atoms with E-state index in [-0.39, 0.29) is 0 Å². The maximum atomic E-state index is 4.72. The molecule has 2 heterocycles. The lowest BCUT2D eigenvalue weighted by molar-refractivity contribution is 0.587. The van der Waals surface area contributed by atoms with Crippen molar-refractivity contribution in [1.29, 1.82) is 0 Å². The standard InChI is InChI=1S/C16H24N4/c1-11(2)15-6-14(9-17-12(3)4)7-16(19-15)20-10-13(5)8-18-20/h6-8,10-12,17H,9H2,1-5H3. The summed E-state index contributed by atoms with van der Waals surface area (Å²) in [5.41, 5.74) is 3.50. The smallest absolute Gasteiger partial charge is 0.153 e. The van der Waals surface area contributed by atoms with Gasteiger partial charge in [-0.1, -0.05) is 27.7 Å². The summed E-state index contributed by atoms with van der Waals surface area (Å²) in [4.78, 5) is 4.72. The summed E-state index contributed by atoms with van der Waals surface area (Å²) in [6, 6.07) is 4.76. The van der Waals surface area contributed by atoms with Crippen LogP contribution in [-0.2, 0) is 6.54 Å². The van der Waals surface area contributed by atoms with Gasteiger partial charge in [0, 0.05) is 24.5 Å². The van der Waals surface area contributed by atoms with Crippen LogP contribution in [0.1, 0.15) is 50.4 Å². The van der Waals surface area contributed by atoms with E-state index in [0.29, 0.717) is 12.0 Å². The predicted molar refractivity (Wildman–Crippen MR) is 82.2 cm³/mol. The van der Waals surface area contributed by atoms with Crippen molar-refractivity contribution in [2.45, 2.75) is 53.1 Å². The highest BCUT2D eigenvalue weighted by Gasteiger charge is 2.09. The molecule has 20 heavy (non-hydrogen) atoms. The van der Waals surface area contributed by atoms with E-state index in [9.17, 15) is 0 Å². The van der Waals surface area contributed by atoms with Crippen LogP contribution >= 0.6 is 0 Å². The number of hydrogen-bond acceptors (Lipinski definition) is 3. The summed E-state index contributed by atoms with van der Waals surface area (Å²) in [6.45, 7) is 11.5. The van der Waals surface area contributed by atoms with E-state index in [1.54, 1.807) is 0 Å². The van der Waals surface area contributed by atoms with Crippen LogP contribution in [0.25, 0.3) is 5.82 Å². The average molecular weight is 272 g/mol. The molecule has 2 aromatic heterocycles. The van der Waals surface area contributed by atoms with Gasteiger partial charge in [0.25, 0.3) is 0 Å². The van der Waals surface area contributed by atoms with Crippen LogP contribution in [0.5, 0.6) is 0 Å². The van der Waals surface area contributed by atoms with E-state index in [1.165, 1.54) is 5.56 Å². The summed E-state index contributed by atoms with van der Waals surface area (Å²) in [7, 11) is 0.